The van der Waals surface area contributed by atoms with Crippen LogP contribution in [0.1, 0.15) is 96.8 Å². The summed E-state index contributed by atoms with van der Waals surface area (Å²) in [5, 5.41) is 15.5. The highest BCUT2D eigenvalue weighted by atomic mass is 16.5. The van der Waals surface area contributed by atoms with Gasteiger partial charge in [0, 0.05) is 5.87 Å². The highest BCUT2D eigenvalue weighted by Gasteiger charge is 2.17. The number of nitrogens with zero attached hydrogens (tertiary/aromatic N) is 2. The number of carbonyl (C=O) groups excluding carboxylic acids is 1. The molecule has 0 aromatic rings. The van der Waals surface area contributed by atoms with Crippen molar-refractivity contribution in [1.29, 1.82) is 10.7 Å². The summed E-state index contributed by atoms with van der Waals surface area (Å²) in [6.45, 7) is 4.30. The van der Waals surface area contributed by atoms with Crippen LogP contribution in [0.5, 0.6) is 0 Å². The summed E-state index contributed by atoms with van der Waals surface area (Å²) in [6.07, 6.45) is 19.1. The van der Waals surface area contributed by atoms with Crippen LogP contribution in [0.15, 0.2) is 5.57 Å². The van der Waals surface area contributed by atoms with Gasteiger partial charge in [0.25, 0.3) is 0 Å². The third kappa shape index (κ3) is 17.0. The summed E-state index contributed by atoms with van der Waals surface area (Å²) >= 11 is 0. The van der Waals surface area contributed by atoms with E-state index in [9.17, 15) is 4.79 Å². The highest BCUT2D eigenvalue weighted by molar-refractivity contribution is 6.01. The number of hydrogen-bond donors (Lipinski definition) is 1. The number of likely N-dealkylation sites (N-methyl/N-ethyl adjacent to an activating group) is 1. The molecule has 0 amide bonds. The average molecular weight is 407 g/mol. The Morgan fingerprint density at radius 1 is 0.828 bits per heavy atom. The number of esters is 1. The first-order chi connectivity index (χ1) is 14.0. The van der Waals surface area contributed by atoms with Gasteiger partial charge in [0.15, 0.2) is 5.57 Å². The molecule has 0 heterocycles. The van der Waals surface area contributed by atoms with E-state index in [0.29, 0.717) is 6.54 Å². The topological polar surface area (TPSA) is 73.9 Å². The second kappa shape index (κ2) is 18.4. The Kier molecular flexibility index (Phi) is 17.4. The Labute approximate surface area is 179 Å². The molecule has 0 aliphatic heterocycles. The van der Waals surface area contributed by atoms with Gasteiger partial charge in [-0.3, -0.25) is 5.41 Å². The van der Waals surface area contributed by atoms with E-state index in [4.69, 9.17) is 15.4 Å². The van der Waals surface area contributed by atoms with Crippen LogP contribution in [0.25, 0.3) is 0 Å². The van der Waals surface area contributed by atoms with Gasteiger partial charge in [-0.15, -0.1) is 0 Å². The lowest BCUT2D eigenvalue weighted by atomic mass is 10.0. The summed E-state index contributed by atoms with van der Waals surface area (Å²) in [7, 11) is 4.27. The number of ether oxygens (including phenoxy) is 1. The first-order valence-corrected chi connectivity index (χ1v) is 11.7. The first-order valence-electron chi connectivity index (χ1n) is 11.7. The van der Waals surface area contributed by atoms with Crippen molar-refractivity contribution in [3.63, 3.8) is 0 Å². The standard InChI is InChI=1S/C24H44N3O2/c1-4-5-6-7-8-9-10-11-12-13-14-15-16-17-18-27(2,3)19-20-29-24(28)23(21-25)22-26/h25H,4-20H2,1-3H3/q+1. The molecule has 0 unspecified atom stereocenters. The van der Waals surface area contributed by atoms with Gasteiger partial charge in [-0.05, 0) is 12.8 Å². The zero-order valence-corrected chi connectivity index (χ0v) is 19.2. The van der Waals surface area contributed by atoms with Crippen LogP contribution >= 0.6 is 0 Å². The van der Waals surface area contributed by atoms with E-state index in [1.165, 1.54) is 89.9 Å². The predicted molar refractivity (Wildman–Crippen MR) is 120 cm³/mol. The van der Waals surface area contributed by atoms with Gasteiger partial charge >= 0.3 is 5.97 Å². The van der Waals surface area contributed by atoms with E-state index in [2.05, 4.69) is 21.0 Å². The van der Waals surface area contributed by atoms with E-state index >= 15 is 0 Å². The molecule has 0 aromatic heterocycles. The van der Waals surface area contributed by atoms with E-state index in [1.807, 2.05) is 0 Å². The number of unbranched alkanes of at least 4 members (excludes halogenated alkanes) is 13. The minimum Gasteiger partial charge on any atom is -0.455 e. The number of rotatable bonds is 19. The van der Waals surface area contributed by atoms with Gasteiger partial charge in [0.1, 0.15) is 19.2 Å². The third-order valence-electron chi connectivity index (χ3n) is 5.49. The monoisotopic (exact) mass is 406 g/mol. The van der Waals surface area contributed by atoms with E-state index in [0.717, 1.165) is 11.0 Å². The molecular weight excluding hydrogens is 362 g/mol. The SMILES string of the molecule is CCCCCCCCCCCCCCCC[N+](C)(C)CCOC(=O)C(=C=N)C#N. The van der Waals surface area contributed by atoms with E-state index < -0.39 is 5.97 Å². The normalized spacial score (nSPS) is 11.0. The van der Waals surface area contributed by atoms with Crippen molar-refractivity contribution in [3.05, 3.63) is 5.57 Å². The van der Waals surface area contributed by atoms with Crippen LogP contribution in [-0.2, 0) is 9.53 Å². The fourth-order valence-corrected chi connectivity index (χ4v) is 3.43. The Morgan fingerprint density at radius 3 is 1.69 bits per heavy atom. The maximum atomic E-state index is 11.5. The lowest BCUT2D eigenvalue weighted by Crippen LogP contribution is -2.43. The second-order valence-corrected chi connectivity index (χ2v) is 8.73. The Morgan fingerprint density at radius 2 is 1.28 bits per heavy atom. The fourth-order valence-electron chi connectivity index (χ4n) is 3.43. The fraction of sp³-hybridized carbons (Fsp3) is 0.833. The summed E-state index contributed by atoms with van der Waals surface area (Å²) in [5.41, 5.74) is -0.373. The summed E-state index contributed by atoms with van der Waals surface area (Å²) < 4.78 is 5.84. The summed E-state index contributed by atoms with van der Waals surface area (Å²) in [6, 6.07) is 1.62. The largest absolute Gasteiger partial charge is 0.455 e. The summed E-state index contributed by atoms with van der Waals surface area (Å²) in [4.78, 5) is 11.5. The zero-order valence-electron chi connectivity index (χ0n) is 19.2. The Hall–Kier alpha value is -1.63. The maximum Gasteiger partial charge on any atom is 0.358 e. The van der Waals surface area contributed by atoms with Gasteiger partial charge in [0.2, 0.25) is 0 Å². The van der Waals surface area contributed by atoms with Crippen molar-refractivity contribution in [1.82, 2.24) is 0 Å². The van der Waals surface area contributed by atoms with Crippen LogP contribution in [0.4, 0.5) is 0 Å². The number of hydrogen-bond acceptors (Lipinski definition) is 4. The Bertz CT molecular complexity index is 517. The third-order valence-corrected chi connectivity index (χ3v) is 5.49. The Balaban J connectivity index is 3.52. The quantitative estimate of drug-likeness (QED) is 0.0737. The molecule has 0 aliphatic carbocycles. The zero-order chi connectivity index (χ0) is 21.8. The van der Waals surface area contributed by atoms with Crippen LogP contribution in [0.3, 0.4) is 0 Å². The van der Waals surface area contributed by atoms with Crippen molar-refractivity contribution in [2.75, 3.05) is 33.8 Å². The van der Waals surface area contributed by atoms with E-state index in [1.54, 1.807) is 11.9 Å². The maximum absolute atomic E-state index is 11.5. The smallest absolute Gasteiger partial charge is 0.358 e. The number of carbonyl (C=O) groups is 1. The number of nitrogens with one attached hydrogen (secondary N) is 1. The molecular formula is C24H44N3O2+. The van der Waals surface area contributed by atoms with Crippen molar-refractivity contribution < 1.29 is 14.0 Å². The minimum absolute atomic E-state index is 0.261. The van der Waals surface area contributed by atoms with Crippen LogP contribution in [-0.4, -0.2) is 50.1 Å². The lowest BCUT2D eigenvalue weighted by molar-refractivity contribution is -0.890. The van der Waals surface area contributed by atoms with Gasteiger partial charge in [-0.2, -0.15) is 5.26 Å². The highest BCUT2D eigenvalue weighted by Crippen LogP contribution is 2.13. The molecule has 5 heteroatoms. The van der Waals surface area contributed by atoms with Crippen LogP contribution < -0.4 is 0 Å². The molecule has 0 saturated heterocycles. The molecule has 0 spiro atoms. The molecule has 0 radical (unpaired) electrons. The van der Waals surface area contributed by atoms with Gasteiger partial charge in [-0.25, -0.2) is 4.79 Å². The first kappa shape index (κ1) is 27.4. The molecule has 0 rings (SSSR count). The second-order valence-electron chi connectivity index (χ2n) is 8.73. The van der Waals surface area contributed by atoms with E-state index in [-0.39, 0.29) is 12.2 Å². The molecule has 0 saturated carbocycles. The average Bonchev–Trinajstić information content (AvgIpc) is 2.69. The van der Waals surface area contributed by atoms with Gasteiger partial charge in [-0.1, -0.05) is 84.0 Å². The molecule has 0 fully saturated rings. The molecule has 0 atom stereocenters. The number of quaternary nitrogens is 1. The molecule has 0 aliphatic rings. The summed E-state index contributed by atoms with van der Waals surface area (Å²) in [5.74, 6) is 1.06. The van der Waals surface area contributed by atoms with Crippen LogP contribution in [0, 0.1) is 16.7 Å². The van der Waals surface area contributed by atoms with Crippen molar-refractivity contribution in [3.8, 4) is 6.07 Å². The predicted octanol–water partition coefficient (Wildman–Crippen LogP) is 5.79. The molecule has 1 N–H and O–H groups in total. The van der Waals surface area contributed by atoms with Crippen molar-refractivity contribution >= 4 is 11.8 Å². The van der Waals surface area contributed by atoms with Crippen molar-refractivity contribution in [2.45, 2.75) is 96.8 Å². The molecule has 29 heavy (non-hydrogen) atoms. The number of nitriles is 1. The lowest BCUT2D eigenvalue weighted by Gasteiger charge is -2.29. The molecule has 5 nitrogen and oxygen atoms in total. The van der Waals surface area contributed by atoms with Gasteiger partial charge in [0.05, 0.1) is 20.6 Å². The molecule has 0 aromatic carbocycles. The van der Waals surface area contributed by atoms with Gasteiger partial charge < -0.3 is 9.22 Å². The molecule has 166 valence electrons. The minimum atomic E-state index is -0.751. The molecule has 0 bridgehead atoms. The van der Waals surface area contributed by atoms with Crippen LogP contribution in [0.2, 0.25) is 0 Å². The van der Waals surface area contributed by atoms with Crippen molar-refractivity contribution in [2.24, 2.45) is 0 Å².